The Kier molecular flexibility index (Phi) is 5.77. The van der Waals surface area contributed by atoms with Crippen LogP contribution in [0, 0.1) is 9.39 Å². The standard InChI is InChI=1S/C19H15FIN3O2/c20-14-7-5-13(6-8-14)17-9-10-18(25)24(23-17)12-11-22-19(26)15-3-1-2-4-16(15)21/h1-10H,11-12H2,(H,22,26). The summed E-state index contributed by atoms with van der Waals surface area (Å²) in [5.41, 5.74) is 1.60. The molecule has 5 nitrogen and oxygen atoms in total. The van der Waals surface area contributed by atoms with Crippen LogP contribution in [0.15, 0.2) is 65.5 Å². The van der Waals surface area contributed by atoms with Gasteiger partial charge in [-0.25, -0.2) is 9.07 Å². The zero-order valence-corrected chi connectivity index (χ0v) is 15.8. The van der Waals surface area contributed by atoms with Crippen molar-refractivity contribution in [2.45, 2.75) is 6.54 Å². The highest BCUT2D eigenvalue weighted by atomic mass is 127. The number of amides is 1. The van der Waals surface area contributed by atoms with Crippen LogP contribution in [-0.2, 0) is 6.54 Å². The Hall–Kier alpha value is -2.55. The summed E-state index contributed by atoms with van der Waals surface area (Å²) in [4.78, 5) is 24.2. The average Bonchev–Trinajstić information content (AvgIpc) is 2.64. The third-order valence-corrected chi connectivity index (χ3v) is 4.67. The van der Waals surface area contributed by atoms with Crippen molar-refractivity contribution in [3.05, 3.63) is 86.0 Å². The predicted molar refractivity (Wildman–Crippen MR) is 105 cm³/mol. The van der Waals surface area contributed by atoms with Crippen molar-refractivity contribution in [1.29, 1.82) is 0 Å². The van der Waals surface area contributed by atoms with Crippen molar-refractivity contribution in [3.8, 4) is 11.3 Å². The number of nitrogens with one attached hydrogen (secondary N) is 1. The molecule has 0 fully saturated rings. The fourth-order valence-electron chi connectivity index (χ4n) is 2.40. The highest BCUT2D eigenvalue weighted by Gasteiger charge is 2.09. The van der Waals surface area contributed by atoms with Gasteiger partial charge in [0.05, 0.1) is 17.8 Å². The molecule has 0 atom stereocenters. The summed E-state index contributed by atoms with van der Waals surface area (Å²) >= 11 is 2.10. The summed E-state index contributed by atoms with van der Waals surface area (Å²) in [6.07, 6.45) is 0. The summed E-state index contributed by atoms with van der Waals surface area (Å²) in [6.45, 7) is 0.507. The Balaban J connectivity index is 1.69. The van der Waals surface area contributed by atoms with Crippen LogP contribution in [0.1, 0.15) is 10.4 Å². The number of nitrogens with zero attached hydrogens (tertiary/aromatic N) is 2. The fraction of sp³-hybridized carbons (Fsp3) is 0.105. The summed E-state index contributed by atoms with van der Waals surface area (Å²) in [7, 11) is 0. The first-order valence-electron chi connectivity index (χ1n) is 7.91. The Labute approximate surface area is 163 Å². The smallest absolute Gasteiger partial charge is 0.266 e. The van der Waals surface area contributed by atoms with Crippen molar-refractivity contribution in [1.82, 2.24) is 15.1 Å². The Bertz CT molecular complexity index is 987. The maximum atomic E-state index is 13.0. The van der Waals surface area contributed by atoms with E-state index in [1.54, 1.807) is 30.3 Å². The van der Waals surface area contributed by atoms with Crippen LogP contribution in [0.25, 0.3) is 11.3 Å². The van der Waals surface area contributed by atoms with Gasteiger partial charge in [0.15, 0.2) is 0 Å². The quantitative estimate of drug-likeness (QED) is 0.592. The minimum atomic E-state index is -0.333. The lowest BCUT2D eigenvalue weighted by atomic mass is 10.1. The highest BCUT2D eigenvalue weighted by molar-refractivity contribution is 14.1. The molecule has 7 heteroatoms. The van der Waals surface area contributed by atoms with E-state index in [4.69, 9.17) is 0 Å². The van der Waals surface area contributed by atoms with E-state index in [-0.39, 0.29) is 30.4 Å². The molecular weight excluding hydrogens is 448 g/mol. The van der Waals surface area contributed by atoms with Crippen molar-refractivity contribution in [3.63, 3.8) is 0 Å². The minimum absolute atomic E-state index is 0.197. The van der Waals surface area contributed by atoms with Gasteiger partial charge in [-0.3, -0.25) is 9.59 Å². The summed E-state index contributed by atoms with van der Waals surface area (Å²) in [5, 5.41) is 7.08. The molecule has 0 aliphatic heterocycles. The first-order valence-corrected chi connectivity index (χ1v) is 8.99. The number of halogens is 2. The number of benzene rings is 2. The zero-order chi connectivity index (χ0) is 18.5. The van der Waals surface area contributed by atoms with Gasteiger partial charge in [-0.05, 0) is 65.1 Å². The molecule has 0 saturated heterocycles. The Morgan fingerprint density at radius 3 is 2.54 bits per heavy atom. The van der Waals surface area contributed by atoms with Crippen LogP contribution < -0.4 is 10.9 Å². The van der Waals surface area contributed by atoms with E-state index in [0.29, 0.717) is 16.8 Å². The molecule has 3 rings (SSSR count). The maximum Gasteiger partial charge on any atom is 0.266 e. The summed E-state index contributed by atoms with van der Waals surface area (Å²) < 4.78 is 15.2. The summed E-state index contributed by atoms with van der Waals surface area (Å²) in [6, 6.07) is 16.2. The molecule has 2 aromatic carbocycles. The number of hydrogen-bond donors (Lipinski definition) is 1. The van der Waals surface area contributed by atoms with Gasteiger partial charge >= 0.3 is 0 Å². The molecule has 1 N–H and O–H groups in total. The van der Waals surface area contributed by atoms with Crippen molar-refractivity contribution >= 4 is 28.5 Å². The fourth-order valence-corrected chi connectivity index (χ4v) is 3.03. The molecular formula is C19H15FIN3O2. The van der Waals surface area contributed by atoms with Gasteiger partial charge in [-0.2, -0.15) is 5.10 Å². The van der Waals surface area contributed by atoms with E-state index in [1.807, 2.05) is 12.1 Å². The lowest BCUT2D eigenvalue weighted by molar-refractivity contribution is 0.0951. The number of carbonyl (C=O) groups is 1. The first-order chi connectivity index (χ1) is 12.5. The number of aromatic nitrogens is 2. The largest absolute Gasteiger partial charge is 0.350 e. The average molecular weight is 463 g/mol. The second-order valence-corrected chi connectivity index (χ2v) is 6.68. The van der Waals surface area contributed by atoms with E-state index in [2.05, 4.69) is 33.0 Å². The molecule has 0 aliphatic rings. The third kappa shape index (κ3) is 4.34. The number of hydrogen-bond acceptors (Lipinski definition) is 3. The molecule has 0 aliphatic carbocycles. The topological polar surface area (TPSA) is 64.0 Å². The molecule has 132 valence electrons. The van der Waals surface area contributed by atoms with Gasteiger partial charge in [0.25, 0.3) is 11.5 Å². The van der Waals surface area contributed by atoms with Crippen LogP contribution in [0.4, 0.5) is 4.39 Å². The predicted octanol–water partition coefficient (Wildman–Crippen LogP) is 3.08. The molecule has 26 heavy (non-hydrogen) atoms. The monoisotopic (exact) mass is 463 g/mol. The molecule has 0 spiro atoms. The van der Waals surface area contributed by atoms with Crippen molar-refractivity contribution < 1.29 is 9.18 Å². The van der Waals surface area contributed by atoms with Crippen molar-refractivity contribution in [2.75, 3.05) is 6.54 Å². The van der Waals surface area contributed by atoms with Crippen LogP contribution in [0.3, 0.4) is 0 Å². The zero-order valence-electron chi connectivity index (χ0n) is 13.7. The van der Waals surface area contributed by atoms with Crippen LogP contribution >= 0.6 is 22.6 Å². The highest BCUT2D eigenvalue weighted by Crippen LogP contribution is 2.15. The van der Waals surface area contributed by atoms with E-state index < -0.39 is 0 Å². The van der Waals surface area contributed by atoms with Gasteiger partial charge in [-0.15, -0.1) is 0 Å². The van der Waals surface area contributed by atoms with E-state index in [9.17, 15) is 14.0 Å². The van der Waals surface area contributed by atoms with Crippen LogP contribution in [0.5, 0.6) is 0 Å². The van der Waals surface area contributed by atoms with E-state index >= 15 is 0 Å². The number of rotatable bonds is 5. The second kappa shape index (κ2) is 8.22. The molecule has 1 heterocycles. The Morgan fingerprint density at radius 2 is 1.81 bits per heavy atom. The van der Waals surface area contributed by atoms with Crippen LogP contribution in [-0.4, -0.2) is 22.2 Å². The molecule has 1 aromatic heterocycles. The van der Waals surface area contributed by atoms with E-state index in [0.717, 1.165) is 3.57 Å². The van der Waals surface area contributed by atoms with E-state index in [1.165, 1.54) is 22.9 Å². The van der Waals surface area contributed by atoms with Gasteiger partial charge < -0.3 is 5.32 Å². The molecule has 0 bridgehead atoms. The summed E-state index contributed by atoms with van der Waals surface area (Å²) in [5.74, 6) is -0.530. The van der Waals surface area contributed by atoms with Gasteiger partial charge in [0, 0.05) is 21.7 Å². The maximum absolute atomic E-state index is 13.0. The van der Waals surface area contributed by atoms with Gasteiger partial charge in [-0.1, -0.05) is 12.1 Å². The normalized spacial score (nSPS) is 10.5. The van der Waals surface area contributed by atoms with Crippen molar-refractivity contribution in [2.24, 2.45) is 0 Å². The molecule has 0 radical (unpaired) electrons. The molecule has 1 amide bonds. The second-order valence-electron chi connectivity index (χ2n) is 5.52. The lowest BCUT2D eigenvalue weighted by Gasteiger charge is -2.09. The van der Waals surface area contributed by atoms with Crippen LogP contribution in [0.2, 0.25) is 0 Å². The lowest BCUT2D eigenvalue weighted by Crippen LogP contribution is -2.32. The number of carbonyl (C=O) groups excluding carboxylic acids is 1. The van der Waals surface area contributed by atoms with Gasteiger partial charge in [0.1, 0.15) is 5.82 Å². The third-order valence-electron chi connectivity index (χ3n) is 3.73. The van der Waals surface area contributed by atoms with Gasteiger partial charge in [0.2, 0.25) is 0 Å². The molecule has 0 unspecified atom stereocenters. The molecule has 3 aromatic rings. The Morgan fingerprint density at radius 1 is 1.08 bits per heavy atom. The first kappa shape index (κ1) is 18.2. The minimum Gasteiger partial charge on any atom is -0.350 e. The SMILES string of the molecule is O=C(NCCn1nc(-c2ccc(F)cc2)ccc1=O)c1ccccc1I. The molecule has 0 saturated carbocycles.